The fourth-order valence-corrected chi connectivity index (χ4v) is 5.04. The van der Waals surface area contributed by atoms with E-state index in [0.717, 1.165) is 27.4 Å². The van der Waals surface area contributed by atoms with E-state index in [1.807, 2.05) is 48.5 Å². The molecule has 2 aromatic heterocycles. The highest BCUT2D eigenvalue weighted by Crippen LogP contribution is 2.35. The molecular formula is C32H22ClFN4O3. The molecule has 6 rings (SSSR count). The summed E-state index contributed by atoms with van der Waals surface area (Å²) in [5, 5.41) is 5.24. The number of anilines is 1. The minimum absolute atomic E-state index is 0.00296. The zero-order valence-corrected chi connectivity index (χ0v) is 22.5. The van der Waals surface area contributed by atoms with E-state index in [2.05, 4.69) is 15.3 Å². The van der Waals surface area contributed by atoms with Gasteiger partial charge in [0.15, 0.2) is 0 Å². The number of pyridine rings is 1. The number of para-hydroxylation sites is 1. The van der Waals surface area contributed by atoms with Crippen molar-refractivity contribution in [2.75, 3.05) is 12.4 Å². The first-order valence-electron chi connectivity index (χ1n) is 12.8. The van der Waals surface area contributed by atoms with E-state index in [1.165, 1.54) is 25.6 Å². The first kappa shape index (κ1) is 26.3. The summed E-state index contributed by atoms with van der Waals surface area (Å²) in [5.41, 5.74) is 4.29. The molecule has 0 aliphatic rings. The van der Waals surface area contributed by atoms with Gasteiger partial charge in [-0.15, -0.1) is 0 Å². The summed E-state index contributed by atoms with van der Waals surface area (Å²) in [6.07, 6.45) is 2.19. The molecule has 0 aliphatic heterocycles. The number of nitrogens with one attached hydrogen (secondary N) is 1. The SMILES string of the molecule is COc1cc2ncnc(-c3ccc(Cl)c(F)c3)c2cc1NC(=O)C(C=O)Cc1cccc2nc3ccccc3cc12. The Labute approximate surface area is 239 Å². The second kappa shape index (κ2) is 10.9. The predicted molar refractivity (Wildman–Crippen MR) is 158 cm³/mol. The summed E-state index contributed by atoms with van der Waals surface area (Å²) in [6.45, 7) is 0. The number of aldehydes is 1. The van der Waals surface area contributed by atoms with Gasteiger partial charge in [-0.05, 0) is 48.4 Å². The maximum absolute atomic E-state index is 14.2. The van der Waals surface area contributed by atoms with E-state index in [-0.39, 0.29) is 11.4 Å². The lowest BCUT2D eigenvalue weighted by Gasteiger charge is -2.16. The number of benzene rings is 4. The fourth-order valence-electron chi connectivity index (χ4n) is 4.93. The average molecular weight is 565 g/mol. The van der Waals surface area contributed by atoms with Crippen LogP contribution in [0.15, 0.2) is 85.2 Å². The Morgan fingerprint density at radius 3 is 2.61 bits per heavy atom. The summed E-state index contributed by atoms with van der Waals surface area (Å²) in [4.78, 5) is 39.0. The van der Waals surface area contributed by atoms with Crippen LogP contribution in [0.2, 0.25) is 5.02 Å². The molecule has 1 amide bonds. The van der Waals surface area contributed by atoms with Crippen LogP contribution in [0.25, 0.3) is 44.0 Å². The van der Waals surface area contributed by atoms with Crippen LogP contribution >= 0.6 is 11.6 Å². The van der Waals surface area contributed by atoms with Crippen LogP contribution in [0.4, 0.5) is 10.1 Å². The second-order valence-electron chi connectivity index (χ2n) is 9.52. The zero-order chi connectivity index (χ0) is 28.5. The van der Waals surface area contributed by atoms with E-state index >= 15 is 0 Å². The molecular weight excluding hydrogens is 543 g/mol. The summed E-state index contributed by atoms with van der Waals surface area (Å²) in [5.74, 6) is -1.71. The largest absolute Gasteiger partial charge is 0.494 e. The number of aromatic nitrogens is 3. The van der Waals surface area contributed by atoms with Gasteiger partial charge in [-0.25, -0.2) is 19.3 Å². The number of fused-ring (bicyclic) bond motifs is 3. The average Bonchev–Trinajstić information content (AvgIpc) is 2.99. The number of methoxy groups -OCH3 is 1. The lowest BCUT2D eigenvalue weighted by Crippen LogP contribution is -2.26. The number of carbonyl (C=O) groups is 2. The van der Waals surface area contributed by atoms with Gasteiger partial charge < -0.3 is 14.8 Å². The molecule has 41 heavy (non-hydrogen) atoms. The van der Waals surface area contributed by atoms with Crippen molar-refractivity contribution in [3.8, 4) is 17.0 Å². The molecule has 0 saturated heterocycles. The summed E-state index contributed by atoms with van der Waals surface area (Å²) in [7, 11) is 1.47. The molecule has 0 spiro atoms. The van der Waals surface area contributed by atoms with Crippen molar-refractivity contribution < 1.29 is 18.7 Å². The molecule has 1 atom stereocenters. The van der Waals surface area contributed by atoms with Crippen LogP contribution in [0.5, 0.6) is 5.75 Å². The summed E-state index contributed by atoms with van der Waals surface area (Å²) < 4.78 is 19.7. The zero-order valence-electron chi connectivity index (χ0n) is 21.8. The molecule has 0 aliphatic carbocycles. The number of carbonyl (C=O) groups excluding carboxylic acids is 2. The molecule has 6 aromatic rings. The third-order valence-corrected chi connectivity index (χ3v) is 7.31. The molecule has 202 valence electrons. The van der Waals surface area contributed by atoms with E-state index < -0.39 is 17.6 Å². The first-order chi connectivity index (χ1) is 19.9. The van der Waals surface area contributed by atoms with E-state index in [1.54, 1.807) is 18.2 Å². The Balaban J connectivity index is 1.34. The number of halogens is 2. The third kappa shape index (κ3) is 5.05. The van der Waals surface area contributed by atoms with Crippen LogP contribution in [-0.4, -0.2) is 34.3 Å². The van der Waals surface area contributed by atoms with Gasteiger partial charge in [-0.1, -0.05) is 48.0 Å². The molecule has 4 aromatic carbocycles. The first-order valence-corrected chi connectivity index (χ1v) is 13.1. The summed E-state index contributed by atoms with van der Waals surface area (Å²) >= 11 is 5.86. The quantitative estimate of drug-likeness (QED) is 0.130. The molecule has 2 heterocycles. The Morgan fingerprint density at radius 1 is 0.976 bits per heavy atom. The second-order valence-corrected chi connectivity index (χ2v) is 9.93. The van der Waals surface area contributed by atoms with Gasteiger partial charge in [0.2, 0.25) is 5.91 Å². The van der Waals surface area contributed by atoms with Crippen molar-refractivity contribution in [1.29, 1.82) is 0 Å². The highest BCUT2D eigenvalue weighted by atomic mass is 35.5. The Kier molecular flexibility index (Phi) is 6.99. The third-order valence-electron chi connectivity index (χ3n) is 7.00. The van der Waals surface area contributed by atoms with Crippen LogP contribution in [0, 0.1) is 11.7 Å². The number of hydrogen-bond donors (Lipinski definition) is 1. The monoisotopic (exact) mass is 564 g/mol. The van der Waals surface area contributed by atoms with Gasteiger partial charge in [-0.3, -0.25) is 4.79 Å². The molecule has 0 bridgehead atoms. The topological polar surface area (TPSA) is 94.1 Å². The highest BCUT2D eigenvalue weighted by Gasteiger charge is 2.22. The van der Waals surface area contributed by atoms with Gasteiger partial charge in [0.1, 0.15) is 24.2 Å². The molecule has 1 N–H and O–H groups in total. The fraction of sp³-hybridized carbons (Fsp3) is 0.0938. The highest BCUT2D eigenvalue weighted by molar-refractivity contribution is 6.30. The van der Waals surface area contributed by atoms with E-state index in [4.69, 9.17) is 21.3 Å². The minimum atomic E-state index is -0.982. The number of amides is 1. The number of hydrogen-bond acceptors (Lipinski definition) is 6. The van der Waals surface area contributed by atoms with Crippen LogP contribution < -0.4 is 10.1 Å². The Bertz CT molecular complexity index is 1980. The smallest absolute Gasteiger partial charge is 0.235 e. The molecule has 1 unspecified atom stereocenters. The van der Waals surface area contributed by atoms with Crippen LogP contribution in [0.1, 0.15) is 5.56 Å². The molecule has 0 radical (unpaired) electrons. The lowest BCUT2D eigenvalue weighted by molar-refractivity contribution is -0.125. The predicted octanol–water partition coefficient (Wildman–Crippen LogP) is 6.80. The number of nitrogens with zero attached hydrogens (tertiary/aromatic N) is 3. The van der Waals surface area contributed by atoms with Gasteiger partial charge in [0.25, 0.3) is 0 Å². The minimum Gasteiger partial charge on any atom is -0.494 e. The van der Waals surface area contributed by atoms with Crippen molar-refractivity contribution in [2.45, 2.75) is 6.42 Å². The van der Waals surface area contributed by atoms with Crippen LogP contribution in [0.3, 0.4) is 0 Å². The summed E-state index contributed by atoms with van der Waals surface area (Å²) in [6, 6.07) is 23.2. The normalized spacial score (nSPS) is 12.0. The molecule has 9 heteroatoms. The number of ether oxygens (including phenoxy) is 1. The van der Waals surface area contributed by atoms with Crippen molar-refractivity contribution in [2.24, 2.45) is 5.92 Å². The van der Waals surface area contributed by atoms with Crippen molar-refractivity contribution in [3.05, 3.63) is 102 Å². The maximum atomic E-state index is 14.2. The van der Waals surface area contributed by atoms with Crippen molar-refractivity contribution in [3.63, 3.8) is 0 Å². The van der Waals surface area contributed by atoms with E-state index in [9.17, 15) is 14.0 Å². The Hall–Kier alpha value is -4.95. The van der Waals surface area contributed by atoms with Crippen molar-refractivity contribution in [1.82, 2.24) is 15.0 Å². The van der Waals surface area contributed by atoms with Gasteiger partial charge in [0.05, 0.1) is 46.0 Å². The van der Waals surface area contributed by atoms with Gasteiger partial charge >= 0.3 is 0 Å². The Morgan fingerprint density at radius 2 is 1.80 bits per heavy atom. The van der Waals surface area contributed by atoms with E-state index in [0.29, 0.717) is 39.9 Å². The lowest BCUT2D eigenvalue weighted by atomic mass is 9.95. The number of rotatable bonds is 7. The van der Waals surface area contributed by atoms with Crippen LogP contribution in [-0.2, 0) is 16.0 Å². The molecule has 0 fully saturated rings. The molecule has 0 saturated carbocycles. The molecule has 7 nitrogen and oxygen atoms in total. The van der Waals surface area contributed by atoms with Gasteiger partial charge in [0, 0.05) is 27.8 Å². The van der Waals surface area contributed by atoms with Crippen molar-refractivity contribution >= 4 is 62.2 Å². The standard InChI is InChI=1S/C32H22ClFN4O3/c1-41-30-15-28-23(31(36-17-35-28)20-9-10-24(33)25(34)13-20)14-29(30)38-32(40)21(16-39)11-18-6-4-8-27-22(18)12-19-5-2-3-7-26(19)37-27/h2-10,12-17,21H,11H2,1H3,(H,38,40). The van der Waals surface area contributed by atoms with Gasteiger partial charge in [-0.2, -0.15) is 0 Å². The maximum Gasteiger partial charge on any atom is 0.235 e.